The SMILES string of the molecule is CS(=O)(=O)c1ccccc1C(=O)Nc1ccc2c(c1)CCC2. The molecule has 0 aliphatic heterocycles. The molecule has 0 radical (unpaired) electrons. The molecule has 3 rings (SSSR count). The monoisotopic (exact) mass is 315 g/mol. The summed E-state index contributed by atoms with van der Waals surface area (Å²) < 4.78 is 23.6. The van der Waals surface area contributed by atoms with Crippen LogP contribution in [0.3, 0.4) is 0 Å². The summed E-state index contributed by atoms with van der Waals surface area (Å²) in [6, 6.07) is 12.1. The number of sulfone groups is 1. The fourth-order valence-corrected chi connectivity index (χ4v) is 3.71. The van der Waals surface area contributed by atoms with Gasteiger partial charge >= 0.3 is 0 Å². The topological polar surface area (TPSA) is 63.2 Å². The second-order valence-corrected chi connectivity index (χ2v) is 7.54. The van der Waals surface area contributed by atoms with E-state index < -0.39 is 15.7 Å². The summed E-state index contributed by atoms with van der Waals surface area (Å²) in [5.41, 5.74) is 3.46. The molecule has 1 amide bonds. The summed E-state index contributed by atoms with van der Waals surface area (Å²) in [5.74, 6) is -0.404. The summed E-state index contributed by atoms with van der Waals surface area (Å²) in [4.78, 5) is 12.5. The lowest BCUT2D eigenvalue weighted by Gasteiger charge is -2.10. The Hall–Kier alpha value is -2.14. The lowest BCUT2D eigenvalue weighted by molar-refractivity contribution is 0.102. The van der Waals surface area contributed by atoms with Gasteiger partial charge in [-0.25, -0.2) is 8.42 Å². The molecule has 0 spiro atoms. The van der Waals surface area contributed by atoms with Crippen molar-refractivity contribution in [3.8, 4) is 0 Å². The van der Waals surface area contributed by atoms with Crippen molar-refractivity contribution < 1.29 is 13.2 Å². The molecule has 4 nitrogen and oxygen atoms in total. The highest BCUT2D eigenvalue weighted by atomic mass is 32.2. The summed E-state index contributed by atoms with van der Waals surface area (Å²) >= 11 is 0. The molecule has 0 atom stereocenters. The van der Waals surface area contributed by atoms with Gasteiger partial charge in [0.2, 0.25) is 0 Å². The van der Waals surface area contributed by atoms with E-state index in [-0.39, 0.29) is 10.5 Å². The van der Waals surface area contributed by atoms with Crippen molar-refractivity contribution in [3.05, 3.63) is 59.2 Å². The van der Waals surface area contributed by atoms with Crippen molar-refractivity contribution in [1.82, 2.24) is 0 Å². The first-order chi connectivity index (χ1) is 10.4. The average molecular weight is 315 g/mol. The van der Waals surface area contributed by atoms with E-state index in [0.29, 0.717) is 5.69 Å². The average Bonchev–Trinajstić information content (AvgIpc) is 2.94. The van der Waals surface area contributed by atoms with Crippen LogP contribution < -0.4 is 5.32 Å². The number of carbonyl (C=O) groups excluding carboxylic acids is 1. The van der Waals surface area contributed by atoms with E-state index in [2.05, 4.69) is 5.32 Å². The van der Waals surface area contributed by atoms with Crippen LogP contribution in [0.1, 0.15) is 27.9 Å². The molecule has 2 aromatic rings. The third-order valence-electron chi connectivity index (χ3n) is 3.89. The lowest BCUT2D eigenvalue weighted by atomic mass is 10.1. The van der Waals surface area contributed by atoms with E-state index in [4.69, 9.17) is 0 Å². The van der Waals surface area contributed by atoms with Gasteiger partial charge in [0, 0.05) is 11.9 Å². The van der Waals surface area contributed by atoms with Crippen LogP contribution in [0.15, 0.2) is 47.4 Å². The van der Waals surface area contributed by atoms with Gasteiger partial charge in [-0.3, -0.25) is 4.79 Å². The zero-order valence-electron chi connectivity index (χ0n) is 12.3. The van der Waals surface area contributed by atoms with Crippen molar-refractivity contribution in [2.24, 2.45) is 0 Å². The number of fused-ring (bicyclic) bond motifs is 1. The summed E-state index contributed by atoms with van der Waals surface area (Å²) in [6.07, 6.45) is 4.36. The van der Waals surface area contributed by atoms with Crippen LogP contribution >= 0.6 is 0 Å². The van der Waals surface area contributed by atoms with E-state index in [1.165, 1.54) is 23.3 Å². The minimum Gasteiger partial charge on any atom is -0.322 e. The Bertz CT molecular complexity index is 841. The maximum Gasteiger partial charge on any atom is 0.256 e. The second kappa shape index (κ2) is 5.57. The Morgan fingerprint density at radius 3 is 2.55 bits per heavy atom. The van der Waals surface area contributed by atoms with Gasteiger partial charge in [0.25, 0.3) is 5.91 Å². The van der Waals surface area contributed by atoms with Gasteiger partial charge in [-0.05, 0) is 54.7 Å². The van der Waals surface area contributed by atoms with E-state index in [0.717, 1.165) is 25.5 Å². The second-order valence-electron chi connectivity index (χ2n) is 5.56. The highest BCUT2D eigenvalue weighted by Crippen LogP contribution is 2.25. The predicted molar refractivity (Wildman–Crippen MR) is 86.0 cm³/mol. The van der Waals surface area contributed by atoms with Crippen LogP contribution in [0, 0.1) is 0 Å². The fraction of sp³-hybridized carbons (Fsp3) is 0.235. The maximum atomic E-state index is 12.4. The number of amides is 1. The van der Waals surface area contributed by atoms with Gasteiger partial charge in [-0.2, -0.15) is 0 Å². The number of rotatable bonds is 3. The molecule has 1 aliphatic carbocycles. The molecule has 0 saturated carbocycles. The molecule has 2 aromatic carbocycles. The Balaban J connectivity index is 1.90. The first kappa shape index (κ1) is 14.8. The van der Waals surface area contributed by atoms with Crippen molar-refractivity contribution in [3.63, 3.8) is 0 Å². The molecule has 0 heterocycles. The number of aryl methyl sites for hydroxylation is 2. The molecular weight excluding hydrogens is 298 g/mol. The quantitative estimate of drug-likeness (QED) is 0.947. The van der Waals surface area contributed by atoms with Crippen LogP contribution in [0.4, 0.5) is 5.69 Å². The van der Waals surface area contributed by atoms with Crippen molar-refractivity contribution >= 4 is 21.4 Å². The molecule has 1 N–H and O–H groups in total. The number of carbonyl (C=O) groups is 1. The van der Waals surface area contributed by atoms with Crippen molar-refractivity contribution in [1.29, 1.82) is 0 Å². The third-order valence-corrected chi connectivity index (χ3v) is 5.04. The van der Waals surface area contributed by atoms with Gasteiger partial charge < -0.3 is 5.32 Å². The highest BCUT2D eigenvalue weighted by Gasteiger charge is 2.19. The molecule has 0 aromatic heterocycles. The minimum atomic E-state index is -3.44. The number of benzene rings is 2. The standard InChI is InChI=1S/C17H17NO3S/c1-22(20,21)16-8-3-2-7-15(16)17(19)18-14-10-9-12-5-4-6-13(12)11-14/h2-3,7-11H,4-6H2,1H3,(H,18,19). The van der Waals surface area contributed by atoms with Crippen LogP contribution in [0.2, 0.25) is 0 Å². The van der Waals surface area contributed by atoms with Gasteiger partial charge in [0.15, 0.2) is 9.84 Å². The molecule has 22 heavy (non-hydrogen) atoms. The minimum absolute atomic E-state index is 0.0497. The summed E-state index contributed by atoms with van der Waals surface area (Å²) in [6.45, 7) is 0. The van der Waals surface area contributed by atoms with Gasteiger partial charge in [0.05, 0.1) is 10.5 Å². The lowest BCUT2D eigenvalue weighted by Crippen LogP contribution is -2.16. The van der Waals surface area contributed by atoms with Crippen LogP contribution in [0.5, 0.6) is 0 Å². The summed E-state index contributed by atoms with van der Waals surface area (Å²) in [7, 11) is -3.44. The molecule has 0 bridgehead atoms. The number of hydrogen-bond acceptors (Lipinski definition) is 3. The Morgan fingerprint density at radius 2 is 1.77 bits per heavy atom. The Labute approximate surface area is 130 Å². The van der Waals surface area contributed by atoms with E-state index in [1.54, 1.807) is 12.1 Å². The smallest absolute Gasteiger partial charge is 0.256 e. The van der Waals surface area contributed by atoms with Crippen LogP contribution in [0.25, 0.3) is 0 Å². The Kier molecular flexibility index (Phi) is 3.74. The summed E-state index contributed by atoms with van der Waals surface area (Å²) in [5, 5.41) is 2.80. The molecule has 1 aliphatic rings. The van der Waals surface area contributed by atoms with E-state index >= 15 is 0 Å². The number of anilines is 1. The molecule has 0 unspecified atom stereocenters. The zero-order valence-corrected chi connectivity index (χ0v) is 13.1. The van der Waals surface area contributed by atoms with Crippen molar-refractivity contribution in [2.45, 2.75) is 24.2 Å². The maximum absolute atomic E-state index is 12.4. The van der Waals surface area contributed by atoms with Crippen molar-refractivity contribution in [2.75, 3.05) is 11.6 Å². The first-order valence-electron chi connectivity index (χ1n) is 7.17. The largest absolute Gasteiger partial charge is 0.322 e. The fourth-order valence-electron chi connectivity index (χ4n) is 2.83. The van der Waals surface area contributed by atoms with Gasteiger partial charge in [-0.15, -0.1) is 0 Å². The third kappa shape index (κ3) is 2.90. The van der Waals surface area contributed by atoms with Gasteiger partial charge in [-0.1, -0.05) is 18.2 Å². The molecular formula is C17H17NO3S. The first-order valence-corrected chi connectivity index (χ1v) is 9.06. The molecule has 114 valence electrons. The van der Waals surface area contributed by atoms with E-state index in [1.807, 2.05) is 18.2 Å². The Morgan fingerprint density at radius 1 is 1.05 bits per heavy atom. The molecule has 0 fully saturated rings. The van der Waals surface area contributed by atoms with E-state index in [9.17, 15) is 13.2 Å². The van der Waals surface area contributed by atoms with Crippen LogP contribution in [-0.4, -0.2) is 20.6 Å². The zero-order chi connectivity index (χ0) is 15.7. The normalized spacial score (nSPS) is 13.7. The highest BCUT2D eigenvalue weighted by molar-refractivity contribution is 7.90. The number of nitrogens with one attached hydrogen (secondary N) is 1. The van der Waals surface area contributed by atoms with Crippen LogP contribution in [-0.2, 0) is 22.7 Å². The molecule has 0 saturated heterocycles. The molecule has 5 heteroatoms. The van der Waals surface area contributed by atoms with Gasteiger partial charge in [0.1, 0.15) is 0 Å². The predicted octanol–water partition coefficient (Wildman–Crippen LogP) is 2.83. The number of hydrogen-bond donors (Lipinski definition) is 1.